The Kier molecular flexibility index (Phi) is 11.1. The predicted octanol–water partition coefficient (Wildman–Crippen LogP) is 6.20. The number of aliphatic hydroxyl groups excluding tert-OH is 1. The Bertz CT molecular complexity index is 1780. The lowest BCUT2D eigenvalue weighted by atomic mass is 9.93. The normalized spacial score (nSPS) is 16.0. The van der Waals surface area contributed by atoms with Crippen molar-refractivity contribution in [2.45, 2.75) is 49.0 Å². The lowest BCUT2D eigenvalue weighted by Crippen LogP contribution is -2.33. The summed E-state index contributed by atoms with van der Waals surface area (Å²) in [6.45, 7) is 0.0609. The molecule has 3 aromatic carbocycles. The third-order valence-corrected chi connectivity index (χ3v) is 10.6. The first-order chi connectivity index (χ1) is 22.9. The number of sulfonamides is 1. The van der Waals surface area contributed by atoms with Gasteiger partial charge in [-0.15, -0.1) is 0 Å². The van der Waals surface area contributed by atoms with Crippen molar-refractivity contribution in [3.05, 3.63) is 89.5 Å². The van der Waals surface area contributed by atoms with Gasteiger partial charge in [0.2, 0.25) is 5.13 Å². The molecular formula is C32H34F4N4O6S2. The van der Waals surface area contributed by atoms with Crippen LogP contribution in [0.1, 0.15) is 48.1 Å². The highest BCUT2D eigenvalue weighted by molar-refractivity contribution is 7.93. The van der Waals surface area contributed by atoms with Gasteiger partial charge in [0.05, 0.1) is 44.3 Å². The van der Waals surface area contributed by atoms with Crippen LogP contribution in [0.4, 0.5) is 22.7 Å². The Morgan fingerprint density at radius 3 is 2.54 bits per heavy atom. The van der Waals surface area contributed by atoms with Crippen molar-refractivity contribution in [1.29, 1.82) is 0 Å². The van der Waals surface area contributed by atoms with Crippen molar-refractivity contribution in [2.75, 3.05) is 31.7 Å². The molecule has 3 atom stereocenters. The molecule has 0 fully saturated rings. The number of hydrogen-bond donors (Lipinski definition) is 2. The van der Waals surface area contributed by atoms with E-state index in [0.29, 0.717) is 29.0 Å². The highest BCUT2D eigenvalue weighted by Crippen LogP contribution is 2.39. The highest BCUT2D eigenvalue weighted by atomic mass is 32.2. The Labute approximate surface area is 279 Å². The van der Waals surface area contributed by atoms with E-state index in [1.165, 1.54) is 44.8 Å². The third kappa shape index (κ3) is 8.17. The fraction of sp³-hybridized carbons (Fsp3) is 0.375. The summed E-state index contributed by atoms with van der Waals surface area (Å²) < 4.78 is 105. The van der Waals surface area contributed by atoms with Gasteiger partial charge in [-0.1, -0.05) is 18.2 Å². The third-order valence-electron chi connectivity index (χ3n) is 8.09. The maximum absolute atomic E-state index is 14.1. The molecule has 48 heavy (non-hydrogen) atoms. The fourth-order valence-electron chi connectivity index (χ4n) is 5.48. The number of methoxy groups -OCH3 is 2. The summed E-state index contributed by atoms with van der Waals surface area (Å²) in [6.07, 6.45) is -5.15. The van der Waals surface area contributed by atoms with Crippen molar-refractivity contribution in [1.82, 2.24) is 14.7 Å². The first-order valence-electron chi connectivity index (χ1n) is 14.9. The van der Waals surface area contributed by atoms with Crippen LogP contribution < -0.4 is 23.8 Å². The Hall–Kier alpha value is -3.99. The number of anilines is 1. The number of benzene rings is 3. The number of hydrogen-bond acceptors (Lipinski definition) is 10. The number of nitrogens with zero attached hydrogens (tertiary/aromatic N) is 3. The molecule has 4 aromatic rings. The van der Waals surface area contributed by atoms with Crippen molar-refractivity contribution < 1.29 is 45.3 Å². The summed E-state index contributed by atoms with van der Waals surface area (Å²) in [5.74, 6) is -1.12. The topological polar surface area (TPSA) is 123 Å². The van der Waals surface area contributed by atoms with Crippen LogP contribution in [0.2, 0.25) is 0 Å². The zero-order chi connectivity index (χ0) is 34.5. The molecule has 0 saturated heterocycles. The van der Waals surface area contributed by atoms with Crippen LogP contribution in [-0.4, -0.2) is 56.4 Å². The van der Waals surface area contributed by atoms with Gasteiger partial charge >= 0.3 is 6.18 Å². The van der Waals surface area contributed by atoms with Crippen LogP contribution in [0.25, 0.3) is 0 Å². The number of halogens is 4. The molecule has 0 bridgehead atoms. The molecule has 1 aromatic heterocycles. The molecule has 0 amide bonds. The second kappa shape index (κ2) is 15.1. The van der Waals surface area contributed by atoms with Gasteiger partial charge in [0.1, 0.15) is 29.4 Å². The maximum atomic E-state index is 14.1. The van der Waals surface area contributed by atoms with E-state index in [1.54, 1.807) is 24.3 Å². The van der Waals surface area contributed by atoms with Gasteiger partial charge in [0.25, 0.3) is 10.0 Å². The van der Waals surface area contributed by atoms with Gasteiger partial charge in [0, 0.05) is 47.3 Å². The lowest BCUT2D eigenvalue weighted by Gasteiger charge is -2.29. The van der Waals surface area contributed by atoms with E-state index < -0.39 is 46.5 Å². The second-order valence-corrected chi connectivity index (χ2v) is 13.7. The van der Waals surface area contributed by atoms with Gasteiger partial charge < -0.3 is 24.6 Å². The quantitative estimate of drug-likeness (QED) is 0.147. The molecule has 1 aliphatic heterocycles. The number of ether oxygens (including phenoxy) is 3. The minimum atomic E-state index is -4.56. The second-order valence-electron chi connectivity index (χ2n) is 11.1. The molecule has 0 radical (unpaired) electrons. The van der Waals surface area contributed by atoms with Crippen LogP contribution in [0, 0.1) is 11.7 Å². The number of aliphatic hydroxyl groups is 1. The van der Waals surface area contributed by atoms with Gasteiger partial charge in [-0.3, -0.25) is 0 Å². The fourth-order valence-corrected chi connectivity index (χ4v) is 7.62. The Morgan fingerprint density at radius 1 is 1.10 bits per heavy atom. The predicted molar refractivity (Wildman–Crippen MR) is 170 cm³/mol. The molecule has 0 aliphatic carbocycles. The van der Waals surface area contributed by atoms with E-state index in [2.05, 4.69) is 14.7 Å². The van der Waals surface area contributed by atoms with Crippen molar-refractivity contribution in [3.63, 3.8) is 0 Å². The summed E-state index contributed by atoms with van der Waals surface area (Å²) in [6, 6.07) is 13.8. The molecule has 5 rings (SSSR count). The van der Waals surface area contributed by atoms with Crippen LogP contribution in [0.5, 0.6) is 17.2 Å². The number of rotatable bonds is 14. The SMILES string of the molecule is COc1ccc(CN(c2ncns2)S(=O)(=O)c2ccc3c(c2)OCC[C@@H]3NCCC(CC(O)c2ccc(F)cc2)C(F)(F)F)c(OC)c1. The first kappa shape index (κ1) is 35.3. The Balaban J connectivity index is 1.31. The van der Waals surface area contributed by atoms with Gasteiger partial charge in [-0.05, 0) is 55.3 Å². The summed E-state index contributed by atoms with van der Waals surface area (Å²) in [7, 11) is -1.24. The number of nitrogens with one attached hydrogen (secondary N) is 1. The summed E-state index contributed by atoms with van der Waals surface area (Å²) in [5, 5.41) is 13.7. The molecule has 1 aliphatic rings. The van der Waals surface area contributed by atoms with E-state index in [1.807, 2.05) is 0 Å². The van der Waals surface area contributed by atoms with E-state index in [4.69, 9.17) is 14.2 Å². The van der Waals surface area contributed by atoms with Crippen molar-refractivity contribution >= 4 is 26.7 Å². The minimum absolute atomic E-state index is 0.0288. The van der Waals surface area contributed by atoms with E-state index in [0.717, 1.165) is 28.0 Å². The zero-order valence-electron chi connectivity index (χ0n) is 26.0. The van der Waals surface area contributed by atoms with E-state index in [-0.39, 0.29) is 47.5 Å². The standard InChI is InChI=1S/C32H34F4N4O6S2/c1-44-24-8-5-21(29(16-24)45-2)18-40(31-38-19-39-47-31)48(42,43)25-9-10-26-27(12-14-46-30(26)17-25)37-13-11-22(32(34,35)36)15-28(41)20-3-6-23(33)7-4-20/h3-10,16-17,19,22,27-28,37,41H,11-15,18H2,1-2H3/t22?,27-,28?/m0/s1. The summed E-state index contributed by atoms with van der Waals surface area (Å²) in [4.78, 5) is 4.06. The van der Waals surface area contributed by atoms with Crippen LogP contribution in [-0.2, 0) is 16.6 Å². The minimum Gasteiger partial charge on any atom is -0.497 e. The average molecular weight is 711 g/mol. The Morgan fingerprint density at radius 2 is 1.88 bits per heavy atom. The van der Waals surface area contributed by atoms with Crippen LogP contribution in [0.15, 0.2) is 71.9 Å². The lowest BCUT2D eigenvalue weighted by molar-refractivity contribution is -0.183. The van der Waals surface area contributed by atoms with Crippen LogP contribution in [0.3, 0.4) is 0 Å². The molecule has 0 spiro atoms. The first-order valence-corrected chi connectivity index (χ1v) is 17.1. The van der Waals surface area contributed by atoms with Crippen molar-refractivity contribution in [3.8, 4) is 17.2 Å². The van der Waals surface area contributed by atoms with Gasteiger partial charge in [0.15, 0.2) is 0 Å². The molecule has 10 nitrogen and oxygen atoms in total. The molecule has 2 heterocycles. The molecule has 2 unspecified atom stereocenters. The van der Waals surface area contributed by atoms with Crippen LogP contribution >= 0.6 is 11.5 Å². The molecule has 0 saturated carbocycles. The molecule has 16 heteroatoms. The average Bonchev–Trinajstić information content (AvgIpc) is 3.61. The van der Waals surface area contributed by atoms with Gasteiger partial charge in [-0.2, -0.15) is 17.5 Å². The van der Waals surface area contributed by atoms with E-state index >= 15 is 0 Å². The highest BCUT2D eigenvalue weighted by Gasteiger charge is 2.40. The number of aromatic nitrogens is 2. The van der Waals surface area contributed by atoms with E-state index in [9.17, 15) is 31.1 Å². The number of alkyl halides is 3. The zero-order valence-corrected chi connectivity index (χ0v) is 27.6. The van der Waals surface area contributed by atoms with Gasteiger partial charge in [-0.25, -0.2) is 22.1 Å². The molecule has 2 N–H and O–H groups in total. The summed E-state index contributed by atoms with van der Waals surface area (Å²) >= 11 is 0.906. The maximum Gasteiger partial charge on any atom is 0.391 e. The van der Waals surface area contributed by atoms with Crippen molar-refractivity contribution in [2.24, 2.45) is 5.92 Å². The number of fused-ring (bicyclic) bond motifs is 1. The molecular weight excluding hydrogens is 677 g/mol. The molecule has 258 valence electrons. The smallest absolute Gasteiger partial charge is 0.391 e. The summed E-state index contributed by atoms with van der Waals surface area (Å²) in [5.41, 5.74) is 1.36. The largest absolute Gasteiger partial charge is 0.497 e. The monoisotopic (exact) mass is 710 g/mol.